The van der Waals surface area contributed by atoms with Crippen molar-refractivity contribution in [3.63, 3.8) is 0 Å². The molecule has 2 heterocycles. The predicted molar refractivity (Wildman–Crippen MR) is 75.7 cm³/mol. The molecule has 1 amide bonds. The lowest BCUT2D eigenvalue weighted by Gasteiger charge is -2.06. The van der Waals surface area contributed by atoms with Crippen LogP contribution in [-0.2, 0) is 12.8 Å². The van der Waals surface area contributed by atoms with Gasteiger partial charge in [0.2, 0.25) is 0 Å². The molecule has 0 saturated carbocycles. The fourth-order valence-electron chi connectivity index (χ4n) is 2.42. The lowest BCUT2D eigenvalue weighted by molar-refractivity contribution is 0.0949. The van der Waals surface area contributed by atoms with Crippen LogP contribution >= 0.6 is 0 Å². The van der Waals surface area contributed by atoms with Crippen LogP contribution < -0.4 is 10.6 Å². The Morgan fingerprint density at radius 1 is 1.30 bits per heavy atom. The van der Waals surface area contributed by atoms with E-state index in [4.69, 9.17) is 0 Å². The monoisotopic (exact) mass is 271 g/mol. The minimum Gasteiger partial charge on any atom is -0.368 e. The Bertz CT molecular complexity index is 593. The highest BCUT2D eigenvalue weighted by atomic mass is 16.1. The van der Waals surface area contributed by atoms with Gasteiger partial charge in [0.25, 0.3) is 5.91 Å². The van der Waals surface area contributed by atoms with Gasteiger partial charge < -0.3 is 10.6 Å². The molecule has 0 spiro atoms. The minimum absolute atomic E-state index is 0.104. The van der Waals surface area contributed by atoms with Crippen molar-refractivity contribution in [1.29, 1.82) is 0 Å². The van der Waals surface area contributed by atoms with Crippen molar-refractivity contribution in [1.82, 2.24) is 20.5 Å². The molecule has 0 atom stereocenters. The molecule has 0 aliphatic heterocycles. The van der Waals surface area contributed by atoms with Gasteiger partial charge in [-0.15, -0.1) is 0 Å². The van der Waals surface area contributed by atoms with E-state index in [1.54, 1.807) is 6.20 Å². The molecule has 0 bridgehead atoms. The first kappa shape index (κ1) is 12.7. The molecule has 0 unspecified atom stereocenters. The van der Waals surface area contributed by atoms with Gasteiger partial charge in [-0.1, -0.05) is 6.07 Å². The second kappa shape index (κ2) is 5.73. The quantitative estimate of drug-likeness (QED) is 0.712. The van der Waals surface area contributed by atoms with E-state index in [9.17, 15) is 4.79 Å². The zero-order valence-electron chi connectivity index (χ0n) is 11.1. The second-order valence-corrected chi connectivity index (χ2v) is 4.78. The van der Waals surface area contributed by atoms with Crippen LogP contribution in [0.5, 0.6) is 0 Å². The summed E-state index contributed by atoms with van der Waals surface area (Å²) < 4.78 is 0. The first-order valence-corrected chi connectivity index (χ1v) is 6.84. The zero-order chi connectivity index (χ0) is 13.8. The number of amides is 1. The Balaban J connectivity index is 1.48. The molecule has 0 saturated heterocycles. The normalized spacial score (nSPS) is 13.0. The third-order valence-electron chi connectivity index (χ3n) is 3.40. The fourth-order valence-corrected chi connectivity index (χ4v) is 2.42. The molecule has 1 aliphatic rings. The lowest BCUT2D eigenvalue weighted by atomic mass is 10.2. The Hall–Kier alpha value is -2.37. The number of hydrogen-bond acceptors (Lipinski definition) is 4. The number of nitrogens with zero attached hydrogens (tertiary/aromatic N) is 2. The molecular formula is C14H17N5O. The number of anilines is 1. The molecule has 6 heteroatoms. The summed E-state index contributed by atoms with van der Waals surface area (Å²) >= 11 is 0. The Morgan fingerprint density at radius 3 is 3.10 bits per heavy atom. The first-order valence-electron chi connectivity index (χ1n) is 6.84. The van der Waals surface area contributed by atoms with Gasteiger partial charge in [0.15, 0.2) is 5.69 Å². The largest absolute Gasteiger partial charge is 0.368 e. The van der Waals surface area contributed by atoms with Crippen LogP contribution in [0.1, 0.15) is 28.2 Å². The Kier molecular flexibility index (Phi) is 3.62. The third kappa shape index (κ3) is 2.64. The number of hydrogen-bond donors (Lipinski definition) is 3. The number of H-pyrrole nitrogens is 1. The molecule has 20 heavy (non-hydrogen) atoms. The van der Waals surface area contributed by atoms with Gasteiger partial charge in [-0.05, 0) is 31.4 Å². The summed E-state index contributed by atoms with van der Waals surface area (Å²) in [4.78, 5) is 16.2. The second-order valence-electron chi connectivity index (χ2n) is 4.78. The maximum Gasteiger partial charge on any atom is 0.272 e. The van der Waals surface area contributed by atoms with Crippen LogP contribution in [0.25, 0.3) is 0 Å². The van der Waals surface area contributed by atoms with Crippen LogP contribution in [0.2, 0.25) is 0 Å². The van der Waals surface area contributed by atoms with Crippen molar-refractivity contribution in [2.24, 2.45) is 0 Å². The summed E-state index contributed by atoms with van der Waals surface area (Å²) in [6.45, 7) is 1.17. The van der Waals surface area contributed by atoms with Gasteiger partial charge in [-0.25, -0.2) is 4.98 Å². The van der Waals surface area contributed by atoms with E-state index in [1.807, 2.05) is 18.2 Å². The first-order chi connectivity index (χ1) is 9.84. The van der Waals surface area contributed by atoms with Crippen LogP contribution in [0.3, 0.4) is 0 Å². The SMILES string of the molecule is O=C(NCCNc1ccccn1)c1n[nH]c2c1CCC2. The van der Waals surface area contributed by atoms with Gasteiger partial charge in [0, 0.05) is 30.5 Å². The van der Waals surface area contributed by atoms with Crippen molar-refractivity contribution >= 4 is 11.7 Å². The van der Waals surface area contributed by atoms with E-state index in [2.05, 4.69) is 25.8 Å². The van der Waals surface area contributed by atoms with E-state index in [-0.39, 0.29) is 5.91 Å². The molecule has 3 N–H and O–H groups in total. The number of rotatable bonds is 5. The summed E-state index contributed by atoms with van der Waals surface area (Å²) in [5, 5.41) is 13.1. The molecule has 0 radical (unpaired) electrons. The smallest absolute Gasteiger partial charge is 0.272 e. The highest BCUT2D eigenvalue weighted by Crippen LogP contribution is 2.22. The third-order valence-corrected chi connectivity index (χ3v) is 3.40. The number of pyridine rings is 1. The fraction of sp³-hybridized carbons (Fsp3) is 0.357. The average Bonchev–Trinajstić information content (AvgIpc) is 3.07. The minimum atomic E-state index is -0.104. The molecular weight excluding hydrogens is 254 g/mol. The van der Waals surface area contributed by atoms with Crippen molar-refractivity contribution in [2.45, 2.75) is 19.3 Å². The zero-order valence-corrected chi connectivity index (χ0v) is 11.1. The van der Waals surface area contributed by atoms with Gasteiger partial charge in [0.1, 0.15) is 5.82 Å². The van der Waals surface area contributed by atoms with E-state index in [1.165, 1.54) is 0 Å². The Labute approximate surface area is 117 Å². The van der Waals surface area contributed by atoms with Crippen molar-refractivity contribution in [3.8, 4) is 0 Å². The van der Waals surface area contributed by atoms with Crippen LogP contribution in [0.15, 0.2) is 24.4 Å². The highest BCUT2D eigenvalue weighted by Gasteiger charge is 2.22. The summed E-state index contributed by atoms with van der Waals surface area (Å²) in [6, 6.07) is 5.68. The number of aromatic nitrogens is 3. The molecule has 2 aromatic heterocycles. The highest BCUT2D eigenvalue weighted by molar-refractivity contribution is 5.94. The summed E-state index contributed by atoms with van der Waals surface area (Å²) in [7, 11) is 0. The molecule has 104 valence electrons. The molecule has 0 fully saturated rings. The van der Waals surface area contributed by atoms with Crippen LogP contribution in [0, 0.1) is 0 Å². The molecule has 3 rings (SSSR count). The molecule has 6 nitrogen and oxygen atoms in total. The number of fused-ring (bicyclic) bond motifs is 1. The van der Waals surface area contributed by atoms with Gasteiger partial charge >= 0.3 is 0 Å². The number of aromatic amines is 1. The van der Waals surface area contributed by atoms with Crippen LogP contribution in [0.4, 0.5) is 5.82 Å². The summed E-state index contributed by atoms with van der Waals surface area (Å²) in [5.41, 5.74) is 2.75. The summed E-state index contributed by atoms with van der Waals surface area (Å²) in [6.07, 6.45) is 4.77. The number of nitrogens with one attached hydrogen (secondary N) is 3. The summed E-state index contributed by atoms with van der Waals surface area (Å²) in [5.74, 6) is 0.703. The molecule has 1 aliphatic carbocycles. The topological polar surface area (TPSA) is 82.7 Å². The van der Waals surface area contributed by atoms with Gasteiger partial charge in [0.05, 0.1) is 0 Å². The van der Waals surface area contributed by atoms with Crippen molar-refractivity contribution in [2.75, 3.05) is 18.4 Å². The van der Waals surface area contributed by atoms with E-state index >= 15 is 0 Å². The van der Waals surface area contributed by atoms with Crippen LogP contribution in [-0.4, -0.2) is 34.2 Å². The van der Waals surface area contributed by atoms with E-state index < -0.39 is 0 Å². The maximum atomic E-state index is 12.0. The van der Waals surface area contributed by atoms with E-state index in [0.29, 0.717) is 18.8 Å². The standard InChI is InChI=1S/C14H17N5O/c20-14(13-10-4-3-5-11(10)18-19-13)17-9-8-16-12-6-1-2-7-15-12/h1-2,6-7H,3-5,8-9H2,(H,15,16)(H,17,20)(H,18,19). The lowest BCUT2D eigenvalue weighted by Crippen LogP contribution is -2.29. The van der Waals surface area contributed by atoms with Crippen molar-refractivity contribution in [3.05, 3.63) is 41.3 Å². The number of aryl methyl sites for hydroxylation is 1. The van der Waals surface area contributed by atoms with E-state index in [0.717, 1.165) is 36.3 Å². The van der Waals surface area contributed by atoms with Crippen molar-refractivity contribution < 1.29 is 4.79 Å². The Morgan fingerprint density at radius 2 is 2.25 bits per heavy atom. The molecule has 0 aromatic carbocycles. The predicted octanol–water partition coefficient (Wildman–Crippen LogP) is 1.14. The number of carbonyl (C=O) groups excluding carboxylic acids is 1. The average molecular weight is 271 g/mol. The molecule has 2 aromatic rings. The maximum absolute atomic E-state index is 12.0. The van der Waals surface area contributed by atoms with Gasteiger partial charge in [-0.3, -0.25) is 9.89 Å². The number of carbonyl (C=O) groups is 1. The van der Waals surface area contributed by atoms with Gasteiger partial charge in [-0.2, -0.15) is 5.10 Å².